The summed E-state index contributed by atoms with van der Waals surface area (Å²) in [7, 11) is 3.21. The van der Waals surface area contributed by atoms with Crippen LogP contribution < -0.4 is 14.8 Å². The number of carbonyl (C=O) groups excluding carboxylic acids is 2. The van der Waals surface area contributed by atoms with Crippen molar-refractivity contribution in [1.29, 1.82) is 0 Å². The molecule has 1 fully saturated rings. The predicted molar refractivity (Wildman–Crippen MR) is 104 cm³/mol. The van der Waals surface area contributed by atoms with Crippen LogP contribution in [-0.4, -0.2) is 32.7 Å². The van der Waals surface area contributed by atoms with Crippen molar-refractivity contribution in [1.82, 2.24) is 5.32 Å². The molecule has 0 heterocycles. The van der Waals surface area contributed by atoms with E-state index in [0.717, 1.165) is 35.5 Å². The average molecular weight is 383 g/mol. The van der Waals surface area contributed by atoms with E-state index in [1.165, 1.54) is 0 Å². The number of nitrogens with one attached hydrogen (secondary N) is 1. The molecular formula is C22H25NO5. The Morgan fingerprint density at radius 3 is 2.07 bits per heavy atom. The van der Waals surface area contributed by atoms with Gasteiger partial charge in [0.05, 0.1) is 26.7 Å². The van der Waals surface area contributed by atoms with E-state index in [9.17, 15) is 9.59 Å². The predicted octanol–water partition coefficient (Wildman–Crippen LogP) is 3.06. The third-order valence-electron chi connectivity index (χ3n) is 4.76. The molecule has 0 bridgehead atoms. The summed E-state index contributed by atoms with van der Waals surface area (Å²) in [6, 6.07) is 14.8. The maximum absolute atomic E-state index is 12.3. The molecule has 3 rings (SSSR count). The molecule has 1 N–H and O–H groups in total. The van der Waals surface area contributed by atoms with E-state index < -0.39 is 5.97 Å². The summed E-state index contributed by atoms with van der Waals surface area (Å²) >= 11 is 0. The lowest BCUT2D eigenvalue weighted by molar-refractivity contribution is -0.148. The van der Waals surface area contributed by atoms with Gasteiger partial charge in [-0.25, -0.2) is 0 Å². The molecule has 0 aromatic heterocycles. The molecule has 0 spiro atoms. The van der Waals surface area contributed by atoms with Gasteiger partial charge in [0.1, 0.15) is 11.5 Å². The molecule has 2 aromatic carbocycles. The van der Waals surface area contributed by atoms with Crippen molar-refractivity contribution in [2.75, 3.05) is 20.8 Å². The zero-order valence-corrected chi connectivity index (χ0v) is 16.1. The van der Waals surface area contributed by atoms with Crippen LogP contribution in [0.1, 0.15) is 30.0 Å². The first-order valence-corrected chi connectivity index (χ1v) is 9.31. The van der Waals surface area contributed by atoms with Crippen molar-refractivity contribution >= 4 is 11.9 Å². The number of esters is 1. The second-order valence-corrected chi connectivity index (χ2v) is 6.84. The lowest BCUT2D eigenvalue weighted by Crippen LogP contribution is -2.33. The number of hydrogen-bond donors (Lipinski definition) is 1. The Morgan fingerprint density at radius 1 is 0.964 bits per heavy atom. The van der Waals surface area contributed by atoms with Crippen molar-refractivity contribution in [3.8, 4) is 11.5 Å². The van der Waals surface area contributed by atoms with E-state index in [2.05, 4.69) is 5.32 Å². The molecule has 0 aliphatic heterocycles. The summed E-state index contributed by atoms with van der Waals surface area (Å²) in [5.74, 6) is 1.19. The fraction of sp³-hybridized carbons (Fsp3) is 0.364. The van der Waals surface area contributed by atoms with Crippen molar-refractivity contribution < 1.29 is 23.8 Å². The first-order valence-electron chi connectivity index (χ1n) is 9.31. The van der Waals surface area contributed by atoms with Crippen LogP contribution in [0, 0.1) is 5.92 Å². The second kappa shape index (κ2) is 9.26. The minimum Gasteiger partial charge on any atom is -0.497 e. The highest BCUT2D eigenvalue weighted by Crippen LogP contribution is 2.41. The zero-order chi connectivity index (χ0) is 19.9. The summed E-state index contributed by atoms with van der Waals surface area (Å²) in [6.45, 7) is -0.283. The second-order valence-electron chi connectivity index (χ2n) is 6.84. The van der Waals surface area contributed by atoms with Crippen molar-refractivity contribution in [2.45, 2.75) is 25.3 Å². The Kier molecular flexibility index (Phi) is 6.53. The Labute approximate surface area is 164 Å². The topological polar surface area (TPSA) is 73.9 Å². The number of ether oxygens (including phenoxy) is 3. The molecule has 1 aliphatic carbocycles. The molecule has 6 heteroatoms. The normalized spacial score (nSPS) is 14.1. The van der Waals surface area contributed by atoms with Crippen molar-refractivity contribution in [3.63, 3.8) is 0 Å². The monoisotopic (exact) mass is 383 g/mol. The van der Waals surface area contributed by atoms with Gasteiger partial charge in [-0.05, 0) is 54.2 Å². The van der Waals surface area contributed by atoms with Gasteiger partial charge in [-0.2, -0.15) is 0 Å². The third kappa shape index (κ3) is 5.49. The molecule has 1 saturated carbocycles. The number of carbonyl (C=O) groups is 2. The Morgan fingerprint density at radius 2 is 1.54 bits per heavy atom. The number of hydrogen-bond acceptors (Lipinski definition) is 5. The SMILES string of the molecule is COc1ccc(CC(=O)OCC(=O)NC(c2ccc(OC)cc2)C2CC2)cc1. The van der Waals surface area contributed by atoms with Crippen LogP contribution in [0.2, 0.25) is 0 Å². The van der Waals surface area contributed by atoms with E-state index in [4.69, 9.17) is 14.2 Å². The van der Waals surface area contributed by atoms with Gasteiger partial charge in [0, 0.05) is 0 Å². The molecular weight excluding hydrogens is 358 g/mol. The first-order chi connectivity index (χ1) is 13.6. The van der Waals surface area contributed by atoms with Gasteiger partial charge >= 0.3 is 5.97 Å². The number of rotatable bonds is 9. The molecule has 1 aliphatic rings. The van der Waals surface area contributed by atoms with Crippen molar-refractivity contribution in [3.05, 3.63) is 59.7 Å². The van der Waals surface area contributed by atoms with Crippen LogP contribution in [0.25, 0.3) is 0 Å². The highest BCUT2D eigenvalue weighted by Gasteiger charge is 2.33. The maximum Gasteiger partial charge on any atom is 0.310 e. The van der Waals surface area contributed by atoms with Gasteiger partial charge < -0.3 is 19.5 Å². The highest BCUT2D eigenvalue weighted by molar-refractivity contribution is 5.81. The lowest BCUT2D eigenvalue weighted by Gasteiger charge is -2.19. The van der Waals surface area contributed by atoms with Crippen LogP contribution in [0.3, 0.4) is 0 Å². The molecule has 0 radical (unpaired) electrons. The van der Waals surface area contributed by atoms with Crippen LogP contribution in [0.4, 0.5) is 0 Å². The van der Waals surface area contributed by atoms with Gasteiger partial charge in [0.2, 0.25) is 0 Å². The average Bonchev–Trinajstić information content (AvgIpc) is 3.56. The number of benzene rings is 2. The first kappa shape index (κ1) is 19.7. The quantitative estimate of drug-likeness (QED) is 0.674. The van der Waals surface area contributed by atoms with Gasteiger partial charge in [0.15, 0.2) is 6.61 Å². The minimum atomic E-state index is -0.437. The molecule has 1 amide bonds. The standard InChI is InChI=1S/C22H25NO5/c1-26-18-9-3-15(4-10-18)13-21(25)28-14-20(24)23-22(16-5-6-16)17-7-11-19(27-2)12-8-17/h3-4,7-12,16,22H,5-6,13-14H2,1-2H3,(H,23,24). The Balaban J connectivity index is 1.49. The highest BCUT2D eigenvalue weighted by atomic mass is 16.5. The van der Waals surface area contributed by atoms with Gasteiger partial charge in [-0.1, -0.05) is 24.3 Å². The van der Waals surface area contributed by atoms with E-state index in [1.54, 1.807) is 38.5 Å². The third-order valence-corrected chi connectivity index (χ3v) is 4.76. The van der Waals surface area contributed by atoms with Crippen LogP contribution >= 0.6 is 0 Å². The van der Waals surface area contributed by atoms with Gasteiger partial charge in [-0.15, -0.1) is 0 Å². The molecule has 0 saturated heterocycles. The van der Waals surface area contributed by atoms with Gasteiger partial charge in [0.25, 0.3) is 5.91 Å². The smallest absolute Gasteiger partial charge is 0.310 e. The van der Waals surface area contributed by atoms with Crippen molar-refractivity contribution in [2.24, 2.45) is 5.92 Å². The lowest BCUT2D eigenvalue weighted by atomic mass is 10.0. The summed E-state index contributed by atoms with van der Waals surface area (Å²) in [5.41, 5.74) is 1.83. The van der Waals surface area contributed by atoms with E-state index in [1.807, 2.05) is 24.3 Å². The maximum atomic E-state index is 12.3. The molecule has 6 nitrogen and oxygen atoms in total. The van der Waals surface area contributed by atoms with E-state index in [0.29, 0.717) is 5.92 Å². The summed E-state index contributed by atoms with van der Waals surface area (Å²) in [6.07, 6.45) is 2.27. The fourth-order valence-electron chi connectivity index (χ4n) is 3.04. The zero-order valence-electron chi connectivity index (χ0n) is 16.1. The molecule has 1 atom stereocenters. The summed E-state index contributed by atoms with van der Waals surface area (Å²) in [5, 5.41) is 2.99. The van der Waals surface area contributed by atoms with Gasteiger partial charge in [-0.3, -0.25) is 9.59 Å². The summed E-state index contributed by atoms with van der Waals surface area (Å²) < 4.78 is 15.4. The fourth-order valence-corrected chi connectivity index (χ4v) is 3.04. The van der Waals surface area contributed by atoms with Crippen LogP contribution in [0.5, 0.6) is 11.5 Å². The minimum absolute atomic E-state index is 0.0707. The number of amides is 1. The Bertz CT molecular complexity index is 797. The molecule has 148 valence electrons. The Hall–Kier alpha value is -3.02. The number of methoxy groups -OCH3 is 2. The largest absolute Gasteiger partial charge is 0.497 e. The van der Waals surface area contributed by atoms with E-state index >= 15 is 0 Å². The molecule has 28 heavy (non-hydrogen) atoms. The van der Waals surface area contributed by atoms with Crippen LogP contribution in [0.15, 0.2) is 48.5 Å². The van der Waals surface area contributed by atoms with E-state index in [-0.39, 0.29) is 25.0 Å². The summed E-state index contributed by atoms with van der Waals surface area (Å²) in [4.78, 5) is 24.3. The van der Waals surface area contributed by atoms with Crippen LogP contribution in [-0.2, 0) is 20.7 Å². The molecule has 1 unspecified atom stereocenters. The molecule has 2 aromatic rings.